The molecule has 25 heavy (non-hydrogen) atoms. The van der Waals surface area contributed by atoms with Crippen molar-refractivity contribution >= 4 is 51.6 Å². The minimum Gasteiger partial charge on any atom is -0.465 e. The van der Waals surface area contributed by atoms with Crippen LogP contribution in [0.5, 0.6) is 0 Å². The van der Waals surface area contributed by atoms with Crippen LogP contribution >= 0.6 is 23.6 Å². The van der Waals surface area contributed by atoms with Gasteiger partial charge in [0.05, 0.1) is 19.8 Å². The number of thiocarbonyl (C=S) groups is 1. The zero-order valence-corrected chi connectivity index (χ0v) is 15.6. The van der Waals surface area contributed by atoms with Crippen molar-refractivity contribution in [3.05, 3.63) is 34.0 Å². The number of anilines is 2. The smallest absolute Gasteiger partial charge is 0.348 e. The van der Waals surface area contributed by atoms with E-state index in [0.29, 0.717) is 21.4 Å². The van der Waals surface area contributed by atoms with Gasteiger partial charge >= 0.3 is 11.9 Å². The molecule has 0 aliphatic carbocycles. The number of methoxy groups -OCH3 is 2. The first-order valence-electron chi connectivity index (χ1n) is 7.05. The molecule has 0 aromatic carbocycles. The number of aromatic nitrogens is 2. The van der Waals surface area contributed by atoms with Crippen molar-refractivity contribution in [1.82, 2.24) is 9.97 Å². The van der Waals surface area contributed by atoms with Gasteiger partial charge in [0, 0.05) is 11.9 Å². The van der Waals surface area contributed by atoms with E-state index < -0.39 is 11.9 Å². The summed E-state index contributed by atoms with van der Waals surface area (Å²) in [6.45, 7) is 3.46. The molecule has 0 amide bonds. The maximum atomic E-state index is 12.1. The van der Waals surface area contributed by atoms with E-state index in [0.717, 1.165) is 17.0 Å². The van der Waals surface area contributed by atoms with E-state index in [1.807, 2.05) is 6.92 Å². The standard InChI is InChI=1S/C15H16N4O4S2/c1-7-5-6-16-14(17-7)19-15(24)18-11-9(12(20)22-3)8(2)10(25-11)13(21)23-4/h5-6H,1-4H3,(H2,16,17,18,19,24). The van der Waals surface area contributed by atoms with Crippen molar-refractivity contribution in [2.24, 2.45) is 0 Å². The molecule has 2 N–H and O–H groups in total. The van der Waals surface area contributed by atoms with Crippen LogP contribution in [0.25, 0.3) is 0 Å². The lowest BCUT2D eigenvalue weighted by atomic mass is 10.1. The monoisotopic (exact) mass is 380 g/mol. The Morgan fingerprint density at radius 2 is 1.84 bits per heavy atom. The van der Waals surface area contributed by atoms with Crippen molar-refractivity contribution in [3.8, 4) is 0 Å². The number of hydrogen-bond acceptors (Lipinski definition) is 8. The molecule has 0 fully saturated rings. The Bertz CT molecular complexity index is 835. The highest BCUT2D eigenvalue weighted by Crippen LogP contribution is 2.34. The highest BCUT2D eigenvalue weighted by Gasteiger charge is 2.26. The number of aryl methyl sites for hydroxylation is 1. The normalized spacial score (nSPS) is 10.1. The van der Waals surface area contributed by atoms with Crippen LogP contribution < -0.4 is 10.6 Å². The van der Waals surface area contributed by atoms with Gasteiger partial charge in [-0.2, -0.15) is 0 Å². The second-order valence-corrected chi connectivity index (χ2v) is 6.27. The summed E-state index contributed by atoms with van der Waals surface area (Å²) in [5.74, 6) is -0.804. The molecule has 0 unspecified atom stereocenters. The number of nitrogens with one attached hydrogen (secondary N) is 2. The molecule has 2 rings (SSSR count). The summed E-state index contributed by atoms with van der Waals surface area (Å²) in [4.78, 5) is 32.5. The number of carbonyl (C=O) groups is 2. The van der Waals surface area contributed by atoms with Crippen LogP contribution in [0.3, 0.4) is 0 Å². The van der Waals surface area contributed by atoms with Crippen LogP contribution in [-0.4, -0.2) is 41.2 Å². The van der Waals surface area contributed by atoms with Gasteiger partial charge < -0.3 is 20.1 Å². The third-order valence-electron chi connectivity index (χ3n) is 3.15. The molecule has 0 spiro atoms. The van der Waals surface area contributed by atoms with E-state index in [-0.39, 0.29) is 10.7 Å². The average Bonchev–Trinajstić information content (AvgIpc) is 2.89. The van der Waals surface area contributed by atoms with Gasteiger partial charge in [-0.3, -0.25) is 0 Å². The molecule has 10 heteroatoms. The number of rotatable bonds is 4. The number of thiophene rings is 1. The van der Waals surface area contributed by atoms with Gasteiger partial charge in [-0.25, -0.2) is 19.6 Å². The highest BCUT2D eigenvalue weighted by molar-refractivity contribution is 7.80. The SMILES string of the molecule is COC(=O)c1sc(NC(=S)Nc2nccc(C)n2)c(C(=O)OC)c1C. The molecule has 0 radical (unpaired) electrons. The summed E-state index contributed by atoms with van der Waals surface area (Å²) in [7, 11) is 2.53. The molecular formula is C15H16N4O4S2. The zero-order chi connectivity index (χ0) is 18.6. The number of esters is 2. The third kappa shape index (κ3) is 4.28. The number of ether oxygens (including phenoxy) is 2. The van der Waals surface area contributed by atoms with E-state index >= 15 is 0 Å². The molecule has 2 aromatic rings. The van der Waals surface area contributed by atoms with Crippen molar-refractivity contribution < 1.29 is 19.1 Å². The van der Waals surface area contributed by atoms with Crippen LogP contribution in [0, 0.1) is 13.8 Å². The maximum Gasteiger partial charge on any atom is 0.348 e. The van der Waals surface area contributed by atoms with Crippen molar-refractivity contribution in [2.75, 3.05) is 24.9 Å². The number of nitrogens with zero attached hydrogens (tertiary/aromatic N) is 2. The Kier molecular flexibility index (Phi) is 5.99. The summed E-state index contributed by atoms with van der Waals surface area (Å²) in [5, 5.41) is 6.25. The van der Waals surface area contributed by atoms with E-state index in [1.54, 1.807) is 19.2 Å². The fraction of sp³-hybridized carbons (Fsp3) is 0.267. The number of carbonyl (C=O) groups excluding carboxylic acids is 2. The van der Waals surface area contributed by atoms with Crippen LogP contribution in [0.4, 0.5) is 10.9 Å². The quantitative estimate of drug-likeness (QED) is 0.612. The maximum absolute atomic E-state index is 12.1. The lowest BCUT2D eigenvalue weighted by Crippen LogP contribution is -2.21. The molecule has 2 heterocycles. The average molecular weight is 380 g/mol. The van der Waals surface area contributed by atoms with E-state index in [9.17, 15) is 9.59 Å². The first kappa shape index (κ1) is 18.7. The molecule has 132 valence electrons. The highest BCUT2D eigenvalue weighted by atomic mass is 32.1. The largest absolute Gasteiger partial charge is 0.465 e. The summed E-state index contributed by atoms with van der Waals surface area (Å²) in [6.07, 6.45) is 1.60. The predicted octanol–water partition coefficient (Wildman–Crippen LogP) is 2.54. The van der Waals surface area contributed by atoms with Crippen molar-refractivity contribution in [3.63, 3.8) is 0 Å². The third-order valence-corrected chi connectivity index (χ3v) is 4.55. The lowest BCUT2D eigenvalue weighted by molar-refractivity contribution is 0.0601. The van der Waals surface area contributed by atoms with E-state index in [4.69, 9.17) is 21.7 Å². The molecule has 0 bridgehead atoms. The molecule has 0 aliphatic rings. The van der Waals surface area contributed by atoms with E-state index in [1.165, 1.54) is 14.2 Å². The Balaban J connectivity index is 2.29. The Labute approximate surface area is 153 Å². The minimum absolute atomic E-state index is 0.174. The summed E-state index contributed by atoms with van der Waals surface area (Å²) >= 11 is 6.28. The van der Waals surface area contributed by atoms with Crippen LogP contribution in [0.2, 0.25) is 0 Å². The van der Waals surface area contributed by atoms with Gasteiger partial charge in [0.1, 0.15) is 9.88 Å². The first-order valence-corrected chi connectivity index (χ1v) is 8.27. The molecule has 8 nitrogen and oxygen atoms in total. The molecule has 0 saturated heterocycles. The van der Waals surface area contributed by atoms with Crippen LogP contribution in [-0.2, 0) is 9.47 Å². The predicted molar refractivity (Wildman–Crippen MR) is 98.3 cm³/mol. The van der Waals surface area contributed by atoms with Gasteiger partial charge in [0.25, 0.3) is 0 Å². The fourth-order valence-corrected chi connectivity index (χ4v) is 3.36. The van der Waals surface area contributed by atoms with Gasteiger partial charge in [0.15, 0.2) is 5.11 Å². The summed E-state index contributed by atoms with van der Waals surface area (Å²) in [6, 6.07) is 1.75. The summed E-state index contributed by atoms with van der Waals surface area (Å²) < 4.78 is 9.52. The Morgan fingerprint density at radius 1 is 1.16 bits per heavy atom. The molecule has 0 atom stereocenters. The number of hydrogen-bond donors (Lipinski definition) is 2. The molecule has 0 aliphatic heterocycles. The van der Waals surface area contributed by atoms with Gasteiger partial charge in [-0.1, -0.05) is 0 Å². The second kappa shape index (κ2) is 7.99. The molecular weight excluding hydrogens is 364 g/mol. The fourth-order valence-electron chi connectivity index (χ4n) is 1.98. The first-order chi connectivity index (χ1) is 11.9. The second-order valence-electron chi connectivity index (χ2n) is 4.84. The summed E-state index contributed by atoms with van der Waals surface area (Å²) in [5.41, 5.74) is 1.46. The van der Waals surface area contributed by atoms with E-state index in [2.05, 4.69) is 20.6 Å². The topological polar surface area (TPSA) is 102 Å². The lowest BCUT2D eigenvalue weighted by Gasteiger charge is -2.09. The van der Waals surface area contributed by atoms with Gasteiger partial charge in [0.2, 0.25) is 5.95 Å². The zero-order valence-electron chi connectivity index (χ0n) is 14.0. The minimum atomic E-state index is -0.582. The van der Waals surface area contributed by atoms with Gasteiger partial charge in [-0.05, 0) is 37.7 Å². The Hall–Kier alpha value is -2.59. The molecule has 2 aromatic heterocycles. The van der Waals surface area contributed by atoms with Crippen molar-refractivity contribution in [2.45, 2.75) is 13.8 Å². The van der Waals surface area contributed by atoms with Crippen LogP contribution in [0.15, 0.2) is 12.3 Å². The van der Waals surface area contributed by atoms with Gasteiger partial charge in [-0.15, -0.1) is 11.3 Å². The molecule has 0 saturated carbocycles. The van der Waals surface area contributed by atoms with Crippen LogP contribution in [0.1, 0.15) is 31.3 Å². The van der Waals surface area contributed by atoms with Crippen molar-refractivity contribution in [1.29, 1.82) is 0 Å². The Morgan fingerprint density at radius 3 is 2.44 bits per heavy atom.